The second kappa shape index (κ2) is 6.69. The summed E-state index contributed by atoms with van der Waals surface area (Å²) in [6.45, 7) is 0. The molecule has 1 atom stereocenters. The molecule has 0 aliphatic heterocycles. The molecule has 110 valence electrons. The van der Waals surface area contributed by atoms with Crippen LogP contribution in [0.2, 0.25) is 5.02 Å². The van der Waals surface area contributed by atoms with E-state index in [0.717, 1.165) is 0 Å². The van der Waals surface area contributed by atoms with Crippen molar-refractivity contribution in [2.45, 2.75) is 5.75 Å². The second-order valence-electron chi connectivity index (χ2n) is 4.39. The molecule has 0 aliphatic carbocycles. The predicted octanol–water partition coefficient (Wildman–Crippen LogP) is 2.16. The first-order valence-corrected chi connectivity index (χ1v) is 8.15. The number of benzene rings is 1. The number of H-pyrrole nitrogens is 1. The van der Waals surface area contributed by atoms with E-state index in [4.69, 9.17) is 11.6 Å². The number of aromatic amines is 1. The Morgan fingerprint density at radius 1 is 1.38 bits per heavy atom. The molecular formula is C14H13ClN2O3S. The van der Waals surface area contributed by atoms with E-state index >= 15 is 0 Å². The van der Waals surface area contributed by atoms with Crippen molar-refractivity contribution in [2.75, 3.05) is 11.6 Å². The van der Waals surface area contributed by atoms with Gasteiger partial charge >= 0.3 is 0 Å². The number of rotatable bonds is 4. The molecule has 1 aromatic carbocycles. The number of aromatic nitrogens is 1. The SMILES string of the molecule is C[S@](=O)Cc1cc(NC(=O)c2ccc[nH]c2=O)ccc1Cl. The predicted molar refractivity (Wildman–Crippen MR) is 84.2 cm³/mol. The van der Waals surface area contributed by atoms with Gasteiger partial charge in [0.15, 0.2) is 0 Å². The maximum atomic E-state index is 12.0. The first-order chi connectivity index (χ1) is 9.97. The van der Waals surface area contributed by atoms with Gasteiger partial charge in [-0.3, -0.25) is 13.8 Å². The number of carbonyl (C=O) groups excluding carboxylic acids is 1. The molecule has 0 saturated heterocycles. The number of amides is 1. The first-order valence-electron chi connectivity index (χ1n) is 6.05. The smallest absolute Gasteiger partial charge is 0.261 e. The molecule has 1 amide bonds. The molecule has 5 nitrogen and oxygen atoms in total. The zero-order valence-corrected chi connectivity index (χ0v) is 12.8. The summed E-state index contributed by atoms with van der Waals surface area (Å²) in [4.78, 5) is 26.0. The lowest BCUT2D eigenvalue weighted by Gasteiger charge is -2.08. The largest absolute Gasteiger partial charge is 0.328 e. The number of hydrogen-bond acceptors (Lipinski definition) is 3. The van der Waals surface area contributed by atoms with Crippen molar-refractivity contribution < 1.29 is 9.00 Å². The van der Waals surface area contributed by atoms with Gasteiger partial charge in [-0.25, -0.2) is 0 Å². The van der Waals surface area contributed by atoms with Gasteiger partial charge in [-0.1, -0.05) is 11.6 Å². The van der Waals surface area contributed by atoms with Gasteiger partial charge in [0, 0.05) is 39.7 Å². The fourth-order valence-electron chi connectivity index (χ4n) is 1.78. The molecule has 2 N–H and O–H groups in total. The van der Waals surface area contributed by atoms with Crippen molar-refractivity contribution in [3.63, 3.8) is 0 Å². The van der Waals surface area contributed by atoms with Crippen LogP contribution in [0, 0.1) is 0 Å². The maximum Gasteiger partial charge on any atom is 0.261 e. The fourth-order valence-corrected chi connectivity index (χ4v) is 2.72. The van der Waals surface area contributed by atoms with E-state index in [-0.39, 0.29) is 5.56 Å². The zero-order valence-electron chi connectivity index (χ0n) is 11.2. The average Bonchev–Trinajstić information content (AvgIpc) is 2.42. The Morgan fingerprint density at radius 3 is 2.81 bits per heavy atom. The monoisotopic (exact) mass is 324 g/mol. The van der Waals surface area contributed by atoms with Gasteiger partial charge in [0.2, 0.25) is 0 Å². The topological polar surface area (TPSA) is 79.0 Å². The van der Waals surface area contributed by atoms with Crippen LogP contribution in [0.5, 0.6) is 0 Å². The van der Waals surface area contributed by atoms with Crippen LogP contribution in [0.1, 0.15) is 15.9 Å². The second-order valence-corrected chi connectivity index (χ2v) is 6.23. The lowest BCUT2D eigenvalue weighted by molar-refractivity contribution is 0.102. The standard InChI is InChI=1S/C14H13ClN2O3S/c1-21(20)8-9-7-10(4-5-12(9)15)17-14(19)11-3-2-6-16-13(11)18/h2-7H,8H2,1H3,(H,16,18)(H,17,19)/t21-/m0/s1. The van der Waals surface area contributed by atoms with Crippen LogP contribution in [0.4, 0.5) is 5.69 Å². The minimum Gasteiger partial charge on any atom is -0.328 e. The molecule has 21 heavy (non-hydrogen) atoms. The van der Waals surface area contributed by atoms with Gasteiger partial charge in [0.1, 0.15) is 5.56 Å². The van der Waals surface area contributed by atoms with Crippen LogP contribution in [-0.4, -0.2) is 21.4 Å². The molecule has 0 bridgehead atoms. The number of hydrogen-bond donors (Lipinski definition) is 2. The molecule has 2 rings (SSSR count). The van der Waals surface area contributed by atoms with Crippen LogP contribution in [0.25, 0.3) is 0 Å². The Kier molecular flexibility index (Phi) is 4.93. The normalized spacial score (nSPS) is 11.9. The lowest BCUT2D eigenvalue weighted by Crippen LogP contribution is -2.22. The minimum atomic E-state index is -1.04. The third-order valence-electron chi connectivity index (χ3n) is 2.73. The molecule has 0 aliphatic rings. The van der Waals surface area contributed by atoms with E-state index in [1.807, 2.05) is 0 Å². The Labute approximate surface area is 128 Å². The molecule has 1 aromatic heterocycles. The average molecular weight is 325 g/mol. The van der Waals surface area contributed by atoms with Crippen LogP contribution in [0.3, 0.4) is 0 Å². The van der Waals surface area contributed by atoms with Gasteiger partial charge in [0.05, 0.1) is 0 Å². The number of carbonyl (C=O) groups is 1. The van der Waals surface area contributed by atoms with Gasteiger partial charge in [-0.05, 0) is 35.9 Å². The molecule has 0 radical (unpaired) electrons. The molecule has 7 heteroatoms. The van der Waals surface area contributed by atoms with Gasteiger partial charge in [0.25, 0.3) is 11.5 Å². The number of halogens is 1. The van der Waals surface area contributed by atoms with Gasteiger partial charge < -0.3 is 10.3 Å². The highest BCUT2D eigenvalue weighted by atomic mass is 35.5. The molecule has 0 spiro atoms. The van der Waals surface area contributed by atoms with Crippen molar-refractivity contribution in [2.24, 2.45) is 0 Å². The Morgan fingerprint density at radius 2 is 2.14 bits per heavy atom. The third-order valence-corrected chi connectivity index (χ3v) is 3.81. The molecule has 0 fully saturated rings. The van der Waals surface area contributed by atoms with Crippen molar-refractivity contribution in [3.8, 4) is 0 Å². The van der Waals surface area contributed by atoms with Crippen molar-refractivity contribution in [1.82, 2.24) is 4.98 Å². The van der Waals surface area contributed by atoms with E-state index in [9.17, 15) is 13.8 Å². The van der Waals surface area contributed by atoms with E-state index < -0.39 is 22.3 Å². The van der Waals surface area contributed by atoms with E-state index in [0.29, 0.717) is 22.0 Å². The number of anilines is 1. The summed E-state index contributed by atoms with van der Waals surface area (Å²) in [5.74, 6) is -0.211. The number of nitrogens with one attached hydrogen (secondary N) is 2. The summed E-state index contributed by atoms with van der Waals surface area (Å²) >= 11 is 6.02. The summed E-state index contributed by atoms with van der Waals surface area (Å²) in [7, 11) is -1.04. The lowest BCUT2D eigenvalue weighted by atomic mass is 10.2. The summed E-state index contributed by atoms with van der Waals surface area (Å²) in [6.07, 6.45) is 3.03. The van der Waals surface area contributed by atoms with Crippen LogP contribution in [0.15, 0.2) is 41.3 Å². The Balaban J connectivity index is 2.24. The first kappa shape index (κ1) is 15.5. The molecule has 1 heterocycles. The van der Waals surface area contributed by atoms with Gasteiger partial charge in [-0.15, -0.1) is 0 Å². The van der Waals surface area contributed by atoms with Crippen LogP contribution in [-0.2, 0) is 16.6 Å². The highest BCUT2D eigenvalue weighted by Gasteiger charge is 2.11. The fraction of sp³-hybridized carbons (Fsp3) is 0.143. The highest BCUT2D eigenvalue weighted by molar-refractivity contribution is 7.83. The molecule has 0 unspecified atom stereocenters. The summed E-state index contributed by atoms with van der Waals surface area (Å²) < 4.78 is 11.3. The van der Waals surface area contributed by atoms with Crippen molar-refractivity contribution in [3.05, 3.63) is 63.0 Å². The maximum absolute atomic E-state index is 12.0. The van der Waals surface area contributed by atoms with E-state index in [2.05, 4.69) is 10.3 Å². The minimum absolute atomic E-state index is 0.0214. The van der Waals surface area contributed by atoms with Crippen molar-refractivity contribution in [1.29, 1.82) is 0 Å². The number of pyridine rings is 1. The van der Waals surface area contributed by atoms with Crippen LogP contribution < -0.4 is 10.9 Å². The summed E-state index contributed by atoms with van der Waals surface area (Å²) in [6, 6.07) is 7.91. The Hall–Kier alpha value is -1.92. The van der Waals surface area contributed by atoms with Crippen molar-refractivity contribution >= 4 is 34.0 Å². The highest BCUT2D eigenvalue weighted by Crippen LogP contribution is 2.22. The molecular weight excluding hydrogens is 312 g/mol. The van der Waals surface area contributed by atoms with Crippen LogP contribution >= 0.6 is 11.6 Å². The summed E-state index contributed by atoms with van der Waals surface area (Å²) in [5, 5.41) is 3.11. The Bertz CT molecular complexity index is 758. The molecule has 0 saturated carbocycles. The van der Waals surface area contributed by atoms with E-state index in [1.54, 1.807) is 30.5 Å². The third kappa shape index (κ3) is 4.03. The van der Waals surface area contributed by atoms with Gasteiger partial charge in [-0.2, -0.15) is 0 Å². The summed E-state index contributed by atoms with van der Waals surface area (Å²) in [5.41, 5.74) is 0.734. The zero-order chi connectivity index (χ0) is 15.4. The quantitative estimate of drug-likeness (QED) is 0.904. The molecule has 2 aromatic rings. The van der Waals surface area contributed by atoms with E-state index in [1.165, 1.54) is 12.3 Å².